The van der Waals surface area contributed by atoms with E-state index in [4.69, 9.17) is 15.2 Å². The van der Waals surface area contributed by atoms with Gasteiger partial charge in [0.2, 0.25) is 5.88 Å². The summed E-state index contributed by atoms with van der Waals surface area (Å²) in [4.78, 5) is 31.1. The van der Waals surface area contributed by atoms with E-state index in [0.717, 1.165) is 9.79 Å². The quantitative estimate of drug-likeness (QED) is 0.161. The van der Waals surface area contributed by atoms with Crippen molar-refractivity contribution in [2.45, 2.75) is 15.7 Å². The van der Waals surface area contributed by atoms with E-state index in [2.05, 4.69) is 39.9 Å². The second-order valence-electron chi connectivity index (χ2n) is 9.87. The van der Waals surface area contributed by atoms with Gasteiger partial charge in [0.25, 0.3) is 5.91 Å². The smallest absolute Gasteiger partial charge is 0.411 e. The zero-order valence-electron chi connectivity index (χ0n) is 23.2. The summed E-state index contributed by atoms with van der Waals surface area (Å²) >= 11 is 1.46. The number of aromatic nitrogens is 1. The maximum absolute atomic E-state index is 12.7. The minimum absolute atomic E-state index is 0.000647. The van der Waals surface area contributed by atoms with Crippen LogP contribution in [-0.4, -0.2) is 30.7 Å². The third-order valence-corrected chi connectivity index (χ3v) is 8.25. The van der Waals surface area contributed by atoms with E-state index in [1.165, 1.54) is 47.3 Å². The summed E-state index contributed by atoms with van der Waals surface area (Å²) in [6.07, 6.45) is 1.02. The topological polar surface area (TPSA) is 116 Å². The van der Waals surface area contributed by atoms with Crippen LogP contribution in [0.2, 0.25) is 0 Å². The first-order chi connectivity index (χ1) is 21.0. The molecule has 0 unspecified atom stereocenters. The summed E-state index contributed by atoms with van der Waals surface area (Å²) in [6.45, 7) is 0.248. The Labute approximate surface area is 253 Å². The van der Waals surface area contributed by atoms with Crippen LogP contribution in [0.4, 0.5) is 21.9 Å². The van der Waals surface area contributed by atoms with Crippen LogP contribution in [-0.2, 0) is 4.74 Å². The van der Waals surface area contributed by atoms with Crippen LogP contribution < -0.4 is 21.1 Å². The highest BCUT2D eigenvalue weighted by Gasteiger charge is 2.29. The molecule has 6 rings (SSSR count). The third kappa shape index (κ3) is 6.17. The minimum Gasteiger partial charge on any atom is -0.481 e. The molecule has 5 aromatic rings. The molecule has 9 heteroatoms. The Bertz CT molecular complexity index is 1750. The number of hydrogen-bond donors (Lipinski definition) is 3. The summed E-state index contributed by atoms with van der Waals surface area (Å²) in [6, 6.07) is 32.4. The second-order valence-corrected chi connectivity index (χ2v) is 11.0. The van der Waals surface area contributed by atoms with Crippen molar-refractivity contribution in [3.05, 3.63) is 126 Å². The molecule has 1 heterocycles. The van der Waals surface area contributed by atoms with E-state index in [0.29, 0.717) is 28.5 Å². The first-order valence-corrected chi connectivity index (χ1v) is 14.4. The molecule has 1 aromatic heterocycles. The molecule has 43 heavy (non-hydrogen) atoms. The number of amides is 2. The molecular formula is C34H28N4O4S. The molecule has 0 atom stereocenters. The van der Waals surface area contributed by atoms with E-state index in [9.17, 15) is 9.59 Å². The summed E-state index contributed by atoms with van der Waals surface area (Å²) < 4.78 is 10.7. The lowest BCUT2D eigenvalue weighted by Crippen LogP contribution is -2.17. The van der Waals surface area contributed by atoms with Crippen molar-refractivity contribution in [3.63, 3.8) is 0 Å². The molecule has 0 spiro atoms. The molecule has 0 fully saturated rings. The predicted molar refractivity (Wildman–Crippen MR) is 169 cm³/mol. The molecule has 1 aliphatic carbocycles. The minimum atomic E-state index is -0.509. The number of benzene rings is 4. The molecule has 4 N–H and O–H groups in total. The van der Waals surface area contributed by atoms with Crippen molar-refractivity contribution < 1.29 is 19.1 Å². The Hall–Kier alpha value is -5.28. The molecule has 0 saturated carbocycles. The fraction of sp³-hybridized carbons (Fsp3) is 0.0882. The number of pyridine rings is 1. The highest BCUT2D eigenvalue weighted by Crippen LogP contribution is 2.44. The van der Waals surface area contributed by atoms with Crippen LogP contribution in [0.5, 0.6) is 5.88 Å². The zero-order chi connectivity index (χ0) is 29.8. The van der Waals surface area contributed by atoms with Crippen molar-refractivity contribution in [1.82, 2.24) is 4.98 Å². The maximum atomic E-state index is 12.7. The number of hydrogen-bond acceptors (Lipinski definition) is 7. The summed E-state index contributed by atoms with van der Waals surface area (Å²) in [7, 11) is 1.53. The average Bonchev–Trinajstić information content (AvgIpc) is 3.36. The number of rotatable bonds is 8. The number of carbonyl (C=O) groups is 2. The molecule has 0 saturated heterocycles. The van der Waals surface area contributed by atoms with Gasteiger partial charge in [-0.25, -0.2) is 9.78 Å². The number of nitrogens with zero attached hydrogens (tertiary/aromatic N) is 1. The van der Waals surface area contributed by atoms with Gasteiger partial charge in [0.15, 0.2) is 0 Å². The van der Waals surface area contributed by atoms with Gasteiger partial charge in [0.1, 0.15) is 6.61 Å². The van der Waals surface area contributed by atoms with Crippen molar-refractivity contribution in [2.75, 3.05) is 30.1 Å². The van der Waals surface area contributed by atoms with Crippen LogP contribution in [0, 0.1) is 0 Å². The largest absolute Gasteiger partial charge is 0.481 e. The lowest BCUT2D eigenvalue weighted by Gasteiger charge is -2.14. The zero-order valence-corrected chi connectivity index (χ0v) is 24.1. The van der Waals surface area contributed by atoms with Gasteiger partial charge in [-0.3, -0.25) is 10.1 Å². The average molecular weight is 589 g/mol. The van der Waals surface area contributed by atoms with E-state index in [1.54, 1.807) is 24.3 Å². The molecule has 0 bridgehead atoms. The second kappa shape index (κ2) is 12.3. The van der Waals surface area contributed by atoms with Gasteiger partial charge < -0.3 is 20.5 Å². The van der Waals surface area contributed by atoms with Crippen molar-refractivity contribution in [1.29, 1.82) is 0 Å². The number of nitrogens with one attached hydrogen (secondary N) is 2. The van der Waals surface area contributed by atoms with Crippen LogP contribution >= 0.6 is 11.8 Å². The molecular weight excluding hydrogens is 560 g/mol. The van der Waals surface area contributed by atoms with E-state index < -0.39 is 6.09 Å². The highest BCUT2D eigenvalue weighted by atomic mass is 32.2. The summed E-state index contributed by atoms with van der Waals surface area (Å²) in [5, 5.41) is 5.61. The van der Waals surface area contributed by atoms with Gasteiger partial charge >= 0.3 is 6.09 Å². The Kier molecular flexibility index (Phi) is 7.97. The van der Waals surface area contributed by atoms with Crippen molar-refractivity contribution >= 4 is 40.8 Å². The van der Waals surface area contributed by atoms with Gasteiger partial charge in [-0.1, -0.05) is 60.3 Å². The van der Waals surface area contributed by atoms with E-state index in [-0.39, 0.29) is 18.4 Å². The normalized spacial score (nSPS) is 11.7. The molecule has 4 aromatic carbocycles. The molecule has 214 valence electrons. The Morgan fingerprint density at radius 1 is 0.837 bits per heavy atom. The van der Waals surface area contributed by atoms with Gasteiger partial charge in [0.05, 0.1) is 19.0 Å². The van der Waals surface area contributed by atoms with Crippen molar-refractivity contribution in [2.24, 2.45) is 0 Å². The molecule has 0 radical (unpaired) electrons. The number of ether oxygens (including phenoxy) is 2. The third-order valence-electron chi connectivity index (χ3n) is 7.15. The van der Waals surface area contributed by atoms with E-state index >= 15 is 0 Å². The van der Waals surface area contributed by atoms with Crippen LogP contribution in [0.3, 0.4) is 0 Å². The van der Waals surface area contributed by atoms with Gasteiger partial charge in [-0.05, 0) is 70.8 Å². The number of carbonyl (C=O) groups excluding carboxylic acids is 2. The summed E-state index contributed by atoms with van der Waals surface area (Å²) in [5.74, 6) is 0.169. The highest BCUT2D eigenvalue weighted by molar-refractivity contribution is 7.99. The first-order valence-electron chi connectivity index (χ1n) is 13.6. The van der Waals surface area contributed by atoms with E-state index in [1.807, 2.05) is 54.6 Å². The lowest BCUT2D eigenvalue weighted by molar-refractivity contribution is 0.102. The number of nitrogens with two attached hydrogens (primary N) is 1. The van der Waals surface area contributed by atoms with Crippen LogP contribution in [0.15, 0.2) is 119 Å². The molecule has 1 aliphatic rings. The van der Waals surface area contributed by atoms with Crippen molar-refractivity contribution in [3.8, 4) is 17.0 Å². The molecule has 8 nitrogen and oxygen atoms in total. The Morgan fingerprint density at radius 2 is 1.51 bits per heavy atom. The lowest BCUT2D eigenvalue weighted by atomic mass is 9.98. The number of methoxy groups -OCH3 is 1. The summed E-state index contributed by atoms with van der Waals surface area (Å²) in [5.41, 5.74) is 13.1. The standard InChI is InChI=1S/C34H28N4O4S/c1-41-32-17-13-23(19-36-32)37-33(39)21-10-16-31(30(35)18-21)43-24-14-11-22(12-15-24)38-34(40)42-20-29-27-8-4-2-6-25(27)26-7-3-5-9-28(26)29/h2-19,29H,20,35H2,1H3,(H,37,39)(H,38,40). The van der Waals surface area contributed by atoms with Gasteiger partial charge in [-0.15, -0.1) is 0 Å². The van der Waals surface area contributed by atoms with Gasteiger partial charge in [0, 0.05) is 38.7 Å². The number of fused-ring (bicyclic) bond motifs is 3. The van der Waals surface area contributed by atoms with Crippen LogP contribution in [0.25, 0.3) is 11.1 Å². The predicted octanol–water partition coefficient (Wildman–Crippen LogP) is 7.44. The monoisotopic (exact) mass is 588 g/mol. The fourth-order valence-electron chi connectivity index (χ4n) is 5.05. The number of nitrogen functional groups attached to an aromatic ring is 1. The SMILES string of the molecule is COc1ccc(NC(=O)c2ccc(Sc3ccc(NC(=O)OCC4c5ccccc5-c5ccccc54)cc3)c(N)c2)cn1. The van der Waals surface area contributed by atoms with Crippen LogP contribution in [0.1, 0.15) is 27.4 Å². The first kappa shape index (κ1) is 27.9. The maximum Gasteiger partial charge on any atom is 0.411 e. The Morgan fingerprint density at radius 3 is 2.14 bits per heavy atom. The number of anilines is 3. The molecule has 0 aliphatic heterocycles. The molecule has 2 amide bonds. The fourth-order valence-corrected chi connectivity index (χ4v) is 5.89. The van der Waals surface area contributed by atoms with Gasteiger partial charge in [-0.2, -0.15) is 0 Å². The Balaban J connectivity index is 1.03.